The number of hydrogen-bond donors (Lipinski definition) is 1. The zero-order chi connectivity index (χ0) is 12.4. The van der Waals surface area contributed by atoms with Crippen molar-refractivity contribution in [3.05, 3.63) is 24.0 Å². The molecule has 0 amide bonds. The van der Waals surface area contributed by atoms with E-state index in [9.17, 15) is 18.3 Å². The molecule has 5 nitrogen and oxygen atoms in total. The number of phenolic OH excluding ortho intramolecular Hbond substituents is 1. The van der Waals surface area contributed by atoms with Gasteiger partial charge >= 0.3 is 0 Å². The first kappa shape index (κ1) is 11.4. The van der Waals surface area contributed by atoms with Gasteiger partial charge in [-0.25, -0.2) is 13.2 Å². The van der Waals surface area contributed by atoms with Crippen molar-refractivity contribution in [3.8, 4) is 17.1 Å². The molecule has 1 heterocycles. The maximum Gasteiger partial charge on any atom is 0.259 e. The summed E-state index contributed by atoms with van der Waals surface area (Å²) in [5, 5.41) is 19.7. The summed E-state index contributed by atoms with van der Waals surface area (Å²) >= 11 is 0. The van der Waals surface area contributed by atoms with E-state index in [-0.39, 0.29) is 17.1 Å². The van der Waals surface area contributed by atoms with Gasteiger partial charge in [-0.05, 0) is 17.3 Å². The number of halogens is 3. The Morgan fingerprint density at radius 2 is 2.12 bits per heavy atom. The van der Waals surface area contributed by atoms with Crippen molar-refractivity contribution in [3.63, 3.8) is 0 Å². The summed E-state index contributed by atoms with van der Waals surface area (Å²) in [6.07, 6.45) is -2.63. The number of nitrogens with zero attached hydrogens (tertiary/aromatic N) is 4. The van der Waals surface area contributed by atoms with Crippen LogP contribution in [0.5, 0.6) is 5.75 Å². The van der Waals surface area contributed by atoms with E-state index < -0.39 is 18.8 Å². The van der Waals surface area contributed by atoms with Crippen LogP contribution in [0.2, 0.25) is 0 Å². The lowest BCUT2D eigenvalue weighted by molar-refractivity contribution is 0.115. The molecule has 0 unspecified atom stereocenters. The predicted molar refractivity (Wildman–Crippen MR) is 50.9 cm³/mol. The Morgan fingerprint density at radius 3 is 2.76 bits per heavy atom. The lowest BCUT2D eigenvalue weighted by Crippen LogP contribution is -2.09. The molecule has 1 aromatic carbocycles. The van der Waals surface area contributed by atoms with E-state index in [1.54, 1.807) is 0 Å². The van der Waals surface area contributed by atoms with E-state index in [0.29, 0.717) is 4.80 Å². The SMILES string of the molecule is Oc1cccc(F)c1-c1nnn(CC(F)F)n1. The smallest absolute Gasteiger partial charge is 0.259 e. The predicted octanol–water partition coefficient (Wildman–Crippen LogP) is 1.45. The average Bonchev–Trinajstić information content (AvgIpc) is 2.65. The van der Waals surface area contributed by atoms with Gasteiger partial charge in [0.1, 0.15) is 23.7 Å². The molecule has 1 aromatic heterocycles. The van der Waals surface area contributed by atoms with Gasteiger partial charge in [-0.1, -0.05) is 6.07 Å². The Bertz CT molecular complexity index is 508. The van der Waals surface area contributed by atoms with E-state index in [4.69, 9.17) is 0 Å². The molecular weight excluding hydrogens is 237 g/mol. The highest BCUT2D eigenvalue weighted by Crippen LogP contribution is 2.28. The number of rotatable bonds is 3. The number of aromatic nitrogens is 4. The van der Waals surface area contributed by atoms with E-state index in [0.717, 1.165) is 6.07 Å². The molecule has 0 aliphatic heterocycles. The molecule has 2 rings (SSSR count). The van der Waals surface area contributed by atoms with Crippen LogP contribution >= 0.6 is 0 Å². The van der Waals surface area contributed by atoms with Gasteiger partial charge in [-0.3, -0.25) is 0 Å². The average molecular weight is 244 g/mol. The minimum Gasteiger partial charge on any atom is -0.507 e. The topological polar surface area (TPSA) is 63.8 Å². The molecule has 0 fully saturated rings. The number of hydrogen-bond acceptors (Lipinski definition) is 4. The summed E-state index contributed by atoms with van der Waals surface area (Å²) < 4.78 is 37.5. The van der Waals surface area contributed by atoms with Crippen LogP contribution in [0.15, 0.2) is 18.2 Å². The Hall–Kier alpha value is -2.12. The van der Waals surface area contributed by atoms with Crippen molar-refractivity contribution in [2.75, 3.05) is 0 Å². The van der Waals surface area contributed by atoms with E-state index in [1.807, 2.05) is 0 Å². The minimum atomic E-state index is -2.63. The Kier molecular flexibility index (Phi) is 2.94. The second-order valence-corrected chi connectivity index (χ2v) is 3.19. The second kappa shape index (κ2) is 4.40. The monoisotopic (exact) mass is 244 g/mol. The van der Waals surface area contributed by atoms with E-state index in [2.05, 4.69) is 15.4 Å². The third-order valence-electron chi connectivity index (χ3n) is 1.97. The van der Waals surface area contributed by atoms with Crippen LogP contribution in [0, 0.1) is 5.82 Å². The van der Waals surface area contributed by atoms with Gasteiger partial charge in [0.15, 0.2) is 0 Å². The fourth-order valence-electron chi connectivity index (χ4n) is 1.28. The van der Waals surface area contributed by atoms with Gasteiger partial charge in [0, 0.05) is 0 Å². The van der Waals surface area contributed by atoms with Gasteiger partial charge in [0.2, 0.25) is 5.82 Å². The third kappa shape index (κ3) is 2.35. The molecule has 2 aromatic rings. The van der Waals surface area contributed by atoms with Crippen molar-refractivity contribution >= 4 is 0 Å². The molecule has 8 heteroatoms. The minimum absolute atomic E-state index is 0.235. The fourth-order valence-corrected chi connectivity index (χ4v) is 1.28. The summed E-state index contributed by atoms with van der Waals surface area (Å²) in [5.74, 6) is -1.36. The summed E-state index contributed by atoms with van der Waals surface area (Å²) in [5.41, 5.74) is -0.256. The van der Waals surface area contributed by atoms with Gasteiger partial charge < -0.3 is 5.11 Å². The van der Waals surface area contributed by atoms with Crippen LogP contribution in [-0.4, -0.2) is 31.7 Å². The molecule has 1 N–H and O–H groups in total. The summed E-state index contributed by atoms with van der Waals surface area (Å²) in [4.78, 5) is 0.645. The van der Waals surface area contributed by atoms with Gasteiger partial charge in [0.05, 0.1) is 0 Å². The number of phenols is 1. The zero-order valence-corrected chi connectivity index (χ0v) is 8.39. The first-order valence-corrected chi connectivity index (χ1v) is 4.61. The van der Waals surface area contributed by atoms with Crippen LogP contribution in [0.4, 0.5) is 13.2 Å². The molecular formula is C9H7F3N4O. The van der Waals surface area contributed by atoms with Crippen LogP contribution in [0.1, 0.15) is 0 Å². The van der Waals surface area contributed by atoms with Crippen molar-refractivity contribution in [2.45, 2.75) is 13.0 Å². The van der Waals surface area contributed by atoms with E-state index >= 15 is 0 Å². The first-order chi connectivity index (χ1) is 8.08. The Morgan fingerprint density at radius 1 is 1.35 bits per heavy atom. The zero-order valence-electron chi connectivity index (χ0n) is 8.39. The molecule has 0 radical (unpaired) electrons. The number of tetrazole rings is 1. The normalized spacial score (nSPS) is 11.1. The number of benzene rings is 1. The highest BCUT2D eigenvalue weighted by Gasteiger charge is 2.16. The second-order valence-electron chi connectivity index (χ2n) is 3.19. The summed E-state index contributed by atoms with van der Waals surface area (Å²) in [7, 11) is 0. The van der Waals surface area contributed by atoms with E-state index in [1.165, 1.54) is 12.1 Å². The van der Waals surface area contributed by atoms with Crippen molar-refractivity contribution in [1.29, 1.82) is 0 Å². The molecule has 90 valence electrons. The molecule has 0 spiro atoms. The molecule has 0 saturated carbocycles. The maximum atomic E-state index is 13.4. The Balaban J connectivity index is 2.37. The lowest BCUT2D eigenvalue weighted by Gasteiger charge is -2.00. The summed E-state index contributed by atoms with van der Waals surface area (Å²) in [6.45, 7) is -0.734. The third-order valence-corrected chi connectivity index (χ3v) is 1.97. The van der Waals surface area contributed by atoms with Crippen LogP contribution in [0.3, 0.4) is 0 Å². The quantitative estimate of drug-likeness (QED) is 0.887. The first-order valence-electron chi connectivity index (χ1n) is 4.61. The lowest BCUT2D eigenvalue weighted by atomic mass is 10.2. The maximum absolute atomic E-state index is 13.4. The largest absolute Gasteiger partial charge is 0.507 e. The van der Waals surface area contributed by atoms with Crippen molar-refractivity contribution in [2.24, 2.45) is 0 Å². The Labute approximate surface area is 93.5 Å². The molecule has 0 atom stereocenters. The molecule has 0 aliphatic rings. The fraction of sp³-hybridized carbons (Fsp3) is 0.222. The van der Waals surface area contributed by atoms with Crippen molar-refractivity contribution < 1.29 is 18.3 Å². The van der Waals surface area contributed by atoms with Crippen LogP contribution < -0.4 is 0 Å². The van der Waals surface area contributed by atoms with Crippen LogP contribution in [-0.2, 0) is 6.54 Å². The highest BCUT2D eigenvalue weighted by molar-refractivity contribution is 5.63. The molecule has 17 heavy (non-hydrogen) atoms. The number of alkyl halides is 2. The molecule has 0 bridgehead atoms. The standard InChI is InChI=1S/C9H7F3N4O/c10-5-2-1-3-6(17)8(5)9-13-15-16(14-9)4-7(11)12/h1-3,7,17H,4H2. The number of aromatic hydroxyl groups is 1. The van der Waals surface area contributed by atoms with Gasteiger partial charge in [-0.2, -0.15) is 4.80 Å². The van der Waals surface area contributed by atoms with Gasteiger partial charge in [-0.15, -0.1) is 10.2 Å². The molecule has 0 saturated heterocycles. The summed E-state index contributed by atoms with van der Waals surface area (Å²) in [6, 6.07) is 3.65. The van der Waals surface area contributed by atoms with Crippen molar-refractivity contribution in [1.82, 2.24) is 20.2 Å². The molecule has 0 aliphatic carbocycles. The highest BCUT2D eigenvalue weighted by atomic mass is 19.3. The van der Waals surface area contributed by atoms with Crippen LogP contribution in [0.25, 0.3) is 11.4 Å². The van der Waals surface area contributed by atoms with Gasteiger partial charge in [0.25, 0.3) is 6.43 Å².